The van der Waals surface area contributed by atoms with Gasteiger partial charge in [0.05, 0.1) is 11.5 Å². The van der Waals surface area contributed by atoms with Crippen LogP contribution in [0.1, 0.15) is 30.0 Å². The second kappa shape index (κ2) is 7.66. The van der Waals surface area contributed by atoms with Crippen molar-refractivity contribution in [1.29, 1.82) is 0 Å². The molecule has 0 aliphatic carbocycles. The lowest BCUT2D eigenvalue weighted by atomic mass is 10.0. The number of rotatable bonds is 4. The summed E-state index contributed by atoms with van der Waals surface area (Å²) in [6, 6.07) is 10.3. The van der Waals surface area contributed by atoms with Gasteiger partial charge in [0.25, 0.3) is 0 Å². The van der Waals surface area contributed by atoms with Gasteiger partial charge < -0.3 is 10.2 Å². The fraction of sp³-hybridized carbons (Fsp3) is 0.333. The predicted octanol–water partition coefficient (Wildman–Crippen LogP) is 4.57. The molecule has 2 aromatic carbocycles. The van der Waals surface area contributed by atoms with Crippen LogP contribution in [-0.2, 0) is 22.2 Å². The van der Waals surface area contributed by atoms with Gasteiger partial charge in [-0.2, -0.15) is 13.2 Å². The van der Waals surface area contributed by atoms with Crippen molar-refractivity contribution in [2.45, 2.75) is 32.9 Å². The van der Waals surface area contributed by atoms with Crippen molar-refractivity contribution in [2.75, 3.05) is 16.8 Å². The highest BCUT2D eigenvalue weighted by Crippen LogP contribution is 2.34. The number of alkyl halides is 3. The first kappa shape index (κ1) is 19.9. The Morgan fingerprint density at radius 2 is 1.93 bits per heavy atom. The van der Waals surface area contributed by atoms with Crippen molar-refractivity contribution >= 4 is 23.2 Å². The molecule has 2 aromatic rings. The number of nitrogens with zero attached hydrogens (tertiary/aromatic N) is 1. The highest BCUT2D eigenvalue weighted by Gasteiger charge is 2.37. The number of carbonyl (C=O) groups excluding carboxylic acids is 2. The van der Waals surface area contributed by atoms with E-state index in [0.29, 0.717) is 0 Å². The van der Waals surface area contributed by atoms with E-state index in [1.54, 1.807) is 0 Å². The van der Waals surface area contributed by atoms with E-state index in [1.807, 2.05) is 32.0 Å². The number of para-hydroxylation sites is 1. The van der Waals surface area contributed by atoms with Gasteiger partial charge in [-0.25, -0.2) is 0 Å². The lowest BCUT2D eigenvalue weighted by Crippen LogP contribution is -2.28. The Morgan fingerprint density at radius 1 is 1.21 bits per heavy atom. The number of nitrogens with one attached hydrogen (secondary N) is 1. The third kappa shape index (κ3) is 4.03. The Labute approximate surface area is 161 Å². The van der Waals surface area contributed by atoms with E-state index >= 15 is 0 Å². The van der Waals surface area contributed by atoms with Crippen LogP contribution < -0.4 is 10.2 Å². The lowest BCUT2D eigenvalue weighted by molar-refractivity contribution is -0.137. The summed E-state index contributed by atoms with van der Waals surface area (Å²) < 4.78 is 38.8. The molecule has 148 valence electrons. The van der Waals surface area contributed by atoms with Gasteiger partial charge in [0.15, 0.2) is 0 Å². The van der Waals surface area contributed by atoms with E-state index in [-0.39, 0.29) is 30.5 Å². The number of hydrogen-bond acceptors (Lipinski definition) is 2. The van der Waals surface area contributed by atoms with Gasteiger partial charge in [-0.3, -0.25) is 9.59 Å². The topological polar surface area (TPSA) is 49.4 Å². The summed E-state index contributed by atoms with van der Waals surface area (Å²) in [5.41, 5.74) is 1.98. The highest BCUT2D eigenvalue weighted by molar-refractivity contribution is 6.04. The molecule has 1 saturated heterocycles. The Bertz CT molecular complexity index is 909. The number of aryl methyl sites for hydroxylation is 2. The SMILES string of the molecule is CCc1cccc(C)c1NC(=O)[C@H]1CC(=O)N(c2cccc(C(F)(F)F)c2)C1. The van der Waals surface area contributed by atoms with Crippen LogP contribution in [0.2, 0.25) is 0 Å². The Kier molecular flexibility index (Phi) is 5.45. The number of benzene rings is 2. The Balaban J connectivity index is 1.77. The van der Waals surface area contributed by atoms with Crippen LogP contribution >= 0.6 is 0 Å². The third-order valence-electron chi connectivity index (χ3n) is 4.97. The monoisotopic (exact) mass is 390 g/mol. The molecule has 3 rings (SSSR count). The number of anilines is 2. The molecule has 1 fully saturated rings. The van der Waals surface area contributed by atoms with E-state index in [1.165, 1.54) is 17.0 Å². The maximum atomic E-state index is 12.9. The molecule has 4 nitrogen and oxygen atoms in total. The molecule has 0 bridgehead atoms. The fourth-order valence-electron chi connectivity index (χ4n) is 3.41. The molecule has 0 unspecified atom stereocenters. The van der Waals surface area contributed by atoms with Crippen molar-refractivity contribution in [2.24, 2.45) is 5.92 Å². The van der Waals surface area contributed by atoms with Crippen molar-refractivity contribution in [3.63, 3.8) is 0 Å². The van der Waals surface area contributed by atoms with Crippen LogP contribution in [0.25, 0.3) is 0 Å². The molecule has 0 radical (unpaired) electrons. The van der Waals surface area contributed by atoms with Gasteiger partial charge in [0.2, 0.25) is 11.8 Å². The molecule has 1 atom stereocenters. The fourth-order valence-corrected chi connectivity index (χ4v) is 3.41. The molecule has 1 aliphatic heterocycles. The van der Waals surface area contributed by atoms with Gasteiger partial charge in [-0.1, -0.05) is 31.2 Å². The Hall–Kier alpha value is -2.83. The van der Waals surface area contributed by atoms with Crippen molar-refractivity contribution in [3.8, 4) is 0 Å². The minimum absolute atomic E-state index is 0.0323. The summed E-state index contributed by atoms with van der Waals surface area (Å²) in [4.78, 5) is 26.3. The predicted molar refractivity (Wildman–Crippen MR) is 101 cm³/mol. The van der Waals surface area contributed by atoms with E-state index in [0.717, 1.165) is 35.4 Å². The summed E-state index contributed by atoms with van der Waals surface area (Å²) in [7, 11) is 0. The van der Waals surface area contributed by atoms with Crippen LogP contribution in [0, 0.1) is 12.8 Å². The molecule has 28 heavy (non-hydrogen) atoms. The second-order valence-electron chi connectivity index (χ2n) is 6.91. The maximum absolute atomic E-state index is 12.9. The third-order valence-corrected chi connectivity index (χ3v) is 4.97. The molecule has 1 N–H and O–H groups in total. The lowest BCUT2D eigenvalue weighted by Gasteiger charge is -2.19. The second-order valence-corrected chi connectivity index (χ2v) is 6.91. The summed E-state index contributed by atoms with van der Waals surface area (Å²) in [5, 5.41) is 2.90. The highest BCUT2D eigenvalue weighted by atomic mass is 19.4. The summed E-state index contributed by atoms with van der Waals surface area (Å²) in [6.07, 6.45) is -3.77. The van der Waals surface area contributed by atoms with Crippen LogP contribution in [-0.4, -0.2) is 18.4 Å². The largest absolute Gasteiger partial charge is 0.416 e. The standard InChI is InChI=1S/C21H21F3N2O2/c1-3-14-7-4-6-13(2)19(14)25-20(28)15-10-18(27)26(12-15)17-9-5-8-16(11-17)21(22,23)24/h4-9,11,15H,3,10,12H2,1-2H3,(H,25,28)/t15-/m0/s1. The van der Waals surface area contributed by atoms with Crippen molar-refractivity contribution in [3.05, 3.63) is 59.2 Å². The molecular weight excluding hydrogens is 369 g/mol. The van der Waals surface area contributed by atoms with Crippen LogP contribution in [0.5, 0.6) is 0 Å². The molecule has 0 saturated carbocycles. The van der Waals surface area contributed by atoms with E-state index < -0.39 is 17.7 Å². The first-order chi connectivity index (χ1) is 13.2. The van der Waals surface area contributed by atoms with Gasteiger partial charge in [-0.05, 0) is 42.7 Å². The Morgan fingerprint density at radius 3 is 2.61 bits per heavy atom. The minimum Gasteiger partial charge on any atom is -0.325 e. The van der Waals surface area contributed by atoms with Crippen molar-refractivity contribution < 1.29 is 22.8 Å². The first-order valence-corrected chi connectivity index (χ1v) is 9.07. The van der Waals surface area contributed by atoms with E-state index in [9.17, 15) is 22.8 Å². The molecular formula is C21H21F3N2O2. The molecule has 0 spiro atoms. The van der Waals surface area contributed by atoms with Crippen LogP contribution in [0.15, 0.2) is 42.5 Å². The average Bonchev–Trinajstić information content (AvgIpc) is 3.04. The molecule has 2 amide bonds. The number of amides is 2. The van der Waals surface area contributed by atoms with E-state index in [2.05, 4.69) is 5.32 Å². The van der Waals surface area contributed by atoms with Crippen LogP contribution in [0.4, 0.5) is 24.5 Å². The summed E-state index contributed by atoms with van der Waals surface area (Å²) >= 11 is 0. The summed E-state index contributed by atoms with van der Waals surface area (Å²) in [6.45, 7) is 3.93. The molecule has 1 aliphatic rings. The molecule has 7 heteroatoms. The zero-order valence-corrected chi connectivity index (χ0v) is 15.6. The van der Waals surface area contributed by atoms with E-state index in [4.69, 9.17) is 0 Å². The zero-order valence-electron chi connectivity index (χ0n) is 15.6. The van der Waals surface area contributed by atoms with Gasteiger partial charge in [-0.15, -0.1) is 0 Å². The zero-order chi connectivity index (χ0) is 20.5. The van der Waals surface area contributed by atoms with Gasteiger partial charge >= 0.3 is 6.18 Å². The molecule has 1 heterocycles. The van der Waals surface area contributed by atoms with Gasteiger partial charge in [0, 0.05) is 24.3 Å². The number of carbonyl (C=O) groups is 2. The summed E-state index contributed by atoms with van der Waals surface area (Å²) in [5.74, 6) is -1.28. The normalized spacial score (nSPS) is 17.1. The quantitative estimate of drug-likeness (QED) is 0.832. The molecule has 0 aromatic heterocycles. The van der Waals surface area contributed by atoms with Crippen LogP contribution in [0.3, 0.4) is 0 Å². The smallest absolute Gasteiger partial charge is 0.325 e. The van der Waals surface area contributed by atoms with Crippen molar-refractivity contribution in [1.82, 2.24) is 0 Å². The average molecular weight is 390 g/mol. The maximum Gasteiger partial charge on any atom is 0.416 e. The first-order valence-electron chi connectivity index (χ1n) is 9.07. The van der Waals surface area contributed by atoms with Gasteiger partial charge in [0.1, 0.15) is 0 Å². The minimum atomic E-state index is -4.49. The number of hydrogen-bond donors (Lipinski definition) is 1. The number of halogens is 3.